The molecule has 0 saturated heterocycles. The predicted octanol–water partition coefficient (Wildman–Crippen LogP) is 2.91. The Kier molecular flexibility index (Phi) is 5.59. The predicted molar refractivity (Wildman–Crippen MR) is 81.7 cm³/mol. The smallest absolute Gasteiger partial charge is 0.254 e. The van der Waals surface area contributed by atoms with E-state index < -0.39 is 0 Å². The Labute approximate surface area is 124 Å². The molecule has 0 aromatic carbocycles. The number of halogens is 1. The molecular formula is C14H24BrN3O. The highest BCUT2D eigenvalue weighted by Gasteiger charge is 2.27. The van der Waals surface area contributed by atoms with Crippen molar-refractivity contribution in [3.8, 4) is 0 Å². The molecule has 1 N–H and O–H groups in total. The average molecular weight is 330 g/mol. The first-order valence-electron chi connectivity index (χ1n) is 6.69. The minimum atomic E-state index is -0.0224. The fourth-order valence-electron chi connectivity index (χ4n) is 2.05. The Morgan fingerprint density at radius 1 is 1.53 bits per heavy atom. The first-order valence-corrected chi connectivity index (χ1v) is 7.81. The lowest BCUT2D eigenvalue weighted by molar-refractivity contribution is 0.0900. The first-order chi connectivity index (χ1) is 8.79. The van der Waals surface area contributed by atoms with Crippen molar-refractivity contribution in [2.75, 3.05) is 5.33 Å². The summed E-state index contributed by atoms with van der Waals surface area (Å²) in [6.45, 7) is 8.44. The lowest BCUT2D eigenvalue weighted by atomic mass is 9.85. The Hall–Kier alpha value is -0.840. The first kappa shape index (κ1) is 16.2. The standard InChI is InChI=1S/C14H24BrN3O/c1-6-11-10(9-18(5)17-11)13(19)16-12(7-8-15)14(2,3)4/h9,12H,6-8H2,1-5H3,(H,16,19). The summed E-state index contributed by atoms with van der Waals surface area (Å²) < 4.78 is 1.70. The molecule has 0 radical (unpaired) electrons. The Bertz CT molecular complexity index is 434. The second kappa shape index (κ2) is 6.55. The highest BCUT2D eigenvalue weighted by Crippen LogP contribution is 2.23. The third-order valence-electron chi connectivity index (χ3n) is 3.23. The van der Waals surface area contributed by atoms with E-state index in [-0.39, 0.29) is 17.4 Å². The summed E-state index contributed by atoms with van der Waals surface area (Å²) in [5.74, 6) is -0.0224. The number of hydrogen-bond acceptors (Lipinski definition) is 2. The minimum absolute atomic E-state index is 0.0224. The van der Waals surface area contributed by atoms with Gasteiger partial charge in [-0.05, 0) is 18.3 Å². The highest BCUT2D eigenvalue weighted by molar-refractivity contribution is 9.09. The molecule has 1 unspecified atom stereocenters. The van der Waals surface area contributed by atoms with E-state index in [2.05, 4.69) is 47.1 Å². The van der Waals surface area contributed by atoms with Gasteiger partial charge in [-0.15, -0.1) is 0 Å². The molecule has 0 bridgehead atoms. The van der Waals surface area contributed by atoms with E-state index in [0.717, 1.165) is 23.9 Å². The van der Waals surface area contributed by atoms with Crippen molar-refractivity contribution >= 4 is 21.8 Å². The second-order valence-electron chi connectivity index (χ2n) is 5.89. The lowest BCUT2D eigenvalue weighted by Gasteiger charge is -2.31. The SMILES string of the molecule is CCc1nn(C)cc1C(=O)NC(CCBr)C(C)(C)C. The normalized spacial score (nSPS) is 13.4. The summed E-state index contributed by atoms with van der Waals surface area (Å²) >= 11 is 3.45. The number of nitrogens with zero attached hydrogens (tertiary/aromatic N) is 2. The van der Waals surface area contributed by atoms with Crippen LogP contribution in [0.2, 0.25) is 0 Å². The van der Waals surface area contributed by atoms with E-state index in [0.29, 0.717) is 5.56 Å². The molecule has 5 heteroatoms. The molecule has 1 atom stereocenters. The molecule has 19 heavy (non-hydrogen) atoms. The zero-order chi connectivity index (χ0) is 14.6. The third-order valence-corrected chi connectivity index (χ3v) is 3.69. The van der Waals surface area contributed by atoms with Crippen molar-refractivity contribution in [3.63, 3.8) is 0 Å². The van der Waals surface area contributed by atoms with Gasteiger partial charge >= 0.3 is 0 Å². The summed E-state index contributed by atoms with van der Waals surface area (Å²) in [5.41, 5.74) is 1.58. The number of rotatable bonds is 5. The van der Waals surface area contributed by atoms with E-state index in [9.17, 15) is 4.79 Å². The molecule has 4 nitrogen and oxygen atoms in total. The lowest BCUT2D eigenvalue weighted by Crippen LogP contribution is -2.44. The largest absolute Gasteiger partial charge is 0.349 e. The Morgan fingerprint density at radius 2 is 2.16 bits per heavy atom. The van der Waals surface area contributed by atoms with Crippen molar-refractivity contribution < 1.29 is 4.79 Å². The summed E-state index contributed by atoms with van der Waals surface area (Å²) in [7, 11) is 1.84. The van der Waals surface area contributed by atoms with Gasteiger partial charge in [0.05, 0.1) is 11.3 Å². The van der Waals surface area contributed by atoms with E-state index in [1.54, 1.807) is 10.9 Å². The van der Waals surface area contributed by atoms with Crippen molar-refractivity contribution in [1.82, 2.24) is 15.1 Å². The number of carbonyl (C=O) groups excluding carboxylic acids is 1. The molecule has 0 aliphatic carbocycles. The van der Waals surface area contributed by atoms with Crippen LogP contribution in [-0.4, -0.2) is 27.1 Å². The van der Waals surface area contributed by atoms with E-state index in [4.69, 9.17) is 0 Å². The maximum atomic E-state index is 12.4. The summed E-state index contributed by atoms with van der Waals surface area (Å²) in [6.07, 6.45) is 3.47. The van der Waals surface area contributed by atoms with Crippen molar-refractivity contribution in [2.24, 2.45) is 12.5 Å². The molecule has 1 heterocycles. The second-order valence-corrected chi connectivity index (χ2v) is 6.68. The number of aryl methyl sites for hydroxylation is 2. The van der Waals surface area contributed by atoms with Crippen LogP contribution in [0.5, 0.6) is 0 Å². The van der Waals surface area contributed by atoms with Crippen molar-refractivity contribution in [3.05, 3.63) is 17.5 Å². The van der Waals surface area contributed by atoms with E-state index in [1.165, 1.54) is 0 Å². The summed E-state index contributed by atoms with van der Waals surface area (Å²) in [6, 6.07) is 0.143. The van der Waals surface area contributed by atoms with Crippen LogP contribution in [0.1, 0.15) is 50.2 Å². The van der Waals surface area contributed by atoms with Crippen LogP contribution in [0.3, 0.4) is 0 Å². The number of amides is 1. The average Bonchev–Trinajstić information content (AvgIpc) is 2.68. The minimum Gasteiger partial charge on any atom is -0.349 e. The summed E-state index contributed by atoms with van der Waals surface area (Å²) in [4.78, 5) is 12.4. The third kappa shape index (κ3) is 4.34. The molecule has 0 fully saturated rings. The van der Waals surface area contributed by atoms with Crippen LogP contribution in [-0.2, 0) is 13.5 Å². The number of alkyl halides is 1. The quantitative estimate of drug-likeness (QED) is 0.844. The van der Waals surface area contributed by atoms with Gasteiger partial charge in [0.25, 0.3) is 5.91 Å². The molecule has 0 aliphatic heterocycles. The highest BCUT2D eigenvalue weighted by atomic mass is 79.9. The van der Waals surface area contributed by atoms with Crippen molar-refractivity contribution in [1.29, 1.82) is 0 Å². The molecule has 1 aromatic heterocycles. The van der Waals surface area contributed by atoms with Crippen molar-refractivity contribution in [2.45, 2.75) is 46.6 Å². The molecule has 108 valence electrons. The van der Waals surface area contributed by atoms with Crippen LogP contribution < -0.4 is 5.32 Å². The van der Waals surface area contributed by atoms with Gasteiger partial charge in [-0.3, -0.25) is 9.48 Å². The zero-order valence-corrected chi connectivity index (χ0v) is 14.0. The zero-order valence-electron chi connectivity index (χ0n) is 12.5. The van der Waals surface area contributed by atoms with E-state index >= 15 is 0 Å². The molecule has 1 aromatic rings. The van der Waals surface area contributed by atoms with Gasteiger partial charge in [0.1, 0.15) is 0 Å². The van der Waals surface area contributed by atoms with Crippen LogP contribution in [0.15, 0.2) is 6.20 Å². The molecule has 1 amide bonds. The van der Waals surface area contributed by atoms with Gasteiger partial charge < -0.3 is 5.32 Å². The Morgan fingerprint density at radius 3 is 2.63 bits per heavy atom. The maximum Gasteiger partial charge on any atom is 0.254 e. The van der Waals surface area contributed by atoms with E-state index in [1.807, 2.05) is 14.0 Å². The molecule has 0 aliphatic rings. The van der Waals surface area contributed by atoms with Gasteiger partial charge in [-0.1, -0.05) is 43.6 Å². The van der Waals surface area contributed by atoms with Gasteiger partial charge in [0.15, 0.2) is 0 Å². The van der Waals surface area contributed by atoms with Crippen LogP contribution >= 0.6 is 15.9 Å². The van der Waals surface area contributed by atoms with Crippen LogP contribution in [0, 0.1) is 5.41 Å². The van der Waals surface area contributed by atoms with Gasteiger partial charge in [-0.2, -0.15) is 5.10 Å². The van der Waals surface area contributed by atoms with Crippen LogP contribution in [0.25, 0.3) is 0 Å². The Balaban J connectivity index is 2.87. The topological polar surface area (TPSA) is 46.9 Å². The number of aromatic nitrogens is 2. The van der Waals surface area contributed by atoms with Gasteiger partial charge in [0.2, 0.25) is 0 Å². The fourth-order valence-corrected chi connectivity index (χ4v) is 2.51. The fraction of sp³-hybridized carbons (Fsp3) is 0.714. The van der Waals surface area contributed by atoms with Crippen LogP contribution in [0.4, 0.5) is 0 Å². The molecule has 0 spiro atoms. The van der Waals surface area contributed by atoms with Gasteiger partial charge in [0, 0.05) is 24.6 Å². The number of nitrogens with one attached hydrogen (secondary N) is 1. The number of hydrogen-bond donors (Lipinski definition) is 1. The van der Waals surface area contributed by atoms with Gasteiger partial charge in [-0.25, -0.2) is 0 Å². The summed E-state index contributed by atoms with van der Waals surface area (Å²) in [5, 5.41) is 8.33. The maximum absolute atomic E-state index is 12.4. The number of carbonyl (C=O) groups is 1. The molecule has 1 rings (SSSR count). The molecule has 0 saturated carbocycles. The monoisotopic (exact) mass is 329 g/mol. The molecular weight excluding hydrogens is 306 g/mol.